The number of carbonyl (C=O) groups excluding carboxylic acids is 1. The second-order valence-electron chi connectivity index (χ2n) is 17.3. The Balaban J connectivity index is 1.61. The van der Waals surface area contributed by atoms with Crippen molar-refractivity contribution < 1.29 is 43.9 Å². The number of hydrogen-bond donors (Lipinski definition) is 3. The van der Waals surface area contributed by atoms with Crippen molar-refractivity contribution >= 4 is 23.4 Å². The van der Waals surface area contributed by atoms with Gasteiger partial charge >= 0.3 is 0 Å². The van der Waals surface area contributed by atoms with Gasteiger partial charge in [-0.05, 0) is 137 Å². The number of fused-ring (bicyclic) bond motifs is 2. The molecule has 3 aliphatic rings. The van der Waals surface area contributed by atoms with Gasteiger partial charge in [-0.2, -0.15) is 5.26 Å². The van der Waals surface area contributed by atoms with Gasteiger partial charge in [0, 0.05) is 48.1 Å². The maximum atomic E-state index is 15.1. The summed E-state index contributed by atoms with van der Waals surface area (Å²) in [7, 11) is 0. The van der Waals surface area contributed by atoms with Crippen molar-refractivity contribution in [1.29, 1.82) is 5.26 Å². The zero-order chi connectivity index (χ0) is 45.0. The lowest BCUT2D eigenvalue weighted by Crippen LogP contribution is -2.70. The van der Waals surface area contributed by atoms with Gasteiger partial charge in [-0.15, -0.1) is 18.3 Å². The van der Waals surface area contributed by atoms with E-state index in [1.54, 1.807) is 47.0 Å². The number of aliphatic hydroxyl groups is 3. The Bertz CT molecular complexity index is 2100. The van der Waals surface area contributed by atoms with E-state index in [4.69, 9.17) is 28.9 Å². The van der Waals surface area contributed by atoms with Crippen LogP contribution in [0.3, 0.4) is 0 Å². The van der Waals surface area contributed by atoms with E-state index in [-0.39, 0.29) is 76.3 Å². The molecule has 63 heavy (non-hydrogen) atoms. The van der Waals surface area contributed by atoms with E-state index in [2.05, 4.69) is 24.8 Å². The number of benzene rings is 3. The molecule has 1 aliphatic heterocycles. The zero-order valence-corrected chi connectivity index (χ0v) is 37.9. The molecule has 6 rings (SSSR count). The number of nitrogens with zero attached hydrogens (tertiary/aromatic N) is 3. The number of allylic oxidation sites excluding steroid dienone is 1. The van der Waals surface area contributed by atoms with Crippen molar-refractivity contribution in [3.8, 4) is 23.3 Å². The molecule has 0 radical (unpaired) electrons. The standard InChI is InChI=1S/C50H63N3O9S/c1-6-27-59-50-45(53(23-28-58-29-26-56)48(57)35-15-13-34(33-51)14-16-35)32-43(52-62-49(2,3)4)41-30-36(11-7-9-24-54)40(12-8-10-25-55)46(47(41)50)42-31-38(19-22-44(42)61-50)60-37-17-20-39(63-5)21-18-37/h6,13-22,30-31,36,40,45-47,54-56H,1,7-12,23-29,32H2,2-5H3. The minimum Gasteiger partial charge on any atom is -0.459 e. The third-order valence-electron chi connectivity index (χ3n) is 12.0. The molecule has 338 valence electrons. The van der Waals surface area contributed by atoms with Crippen molar-refractivity contribution in [1.82, 2.24) is 4.90 Å². The van der Waals surface area contributed by atoms with E-state index in [0.717, 1.165) is 41.7 Å². The third-order valence-corrected chi connectivity index (χ3v) is 12.7. The first-order valence-electron chi connectivity index (χ1n) is 22.1. The van der Waals surface area contributed by atoms with Gasteiger partial charge in [-0.3, -0.25) is 4.79 Å². The van der Waals surface area contributed by atoms with Crippen LogP contribution < -0.4 is 9.47 Å². The van der Waals surface area contributed by atoms with Crippen LogP contribution in [0, 0.1) is 29.1 Å². The lowest BCUT2D eigenvalue weighted by molar-refractivity contribution is -0.254. The molecule has 3 aromatic carbocycles. The number of nitriles is 1. The number of ether oxygens (including phenoxy) is 4. The highest BCUT2D eigenvalue weighted by atomic mass is 32.2. The maximum Gasteiger partial charge on any atom is 0.254 e. The summed E-state index contributed by atoms with van der Waals surface area (Å²) in [5.74, 6) is -0.556. The van der Waals surface area contributed by atoms with Gasteiger partial charge in [0.25, 0.3) is 5.91 Å². The molecule has 1 fully saturated rings. The van der Waals surface area contributed by atoms with E-state index in [0.29, 0.717) is 46.9 Å². The van der Waals surface area contributed by atoms with Crippen LogP contribution >= 0.6 is 11.8 Å². The van der Waals surface area contributed by atoms with Crippen LogP contribution in [0.25, 0.3) is 0 Å². The monoisotopic (exact) mass is 881 g/mol. The molecule has 6 atom stereocenters. The van der Waals surface area contributed by atoms with Crippen LogP contribution in [0.1, 0.15) is 93.1 Å². The quantitative estimate of drug-likeness (QED) is 0.0383. The lowest BCUT2D eigenvalue weighted by Gasteiger charge is -2.60. The maximum absolute atomic E-state index is 15.1. The molecule has 1 amide bonds. The predicted molar refractivity (Wildman–Crippen MR) is 244 cm³/mol. The van der Waals surface area contributed by atoms with Crippen LogP contribution in [-0.2, 0) is 14.3 Å². The van der Waals surface area contributed by atoms with Gasteiger partial charge in [0.15, 0.2) is 0 Å². The topological polar surface area (TPSA) is 163 Å². The molecule has 1 saturated carbocycles. The smallest absolute Gasteiger partial charge is 0.254 e. The molecular weight excluding hydrogens is 819 g/mol. The number of aliphatic hydroxyl groups excluding tert-OH is 3. The van der Waals surface area contributed by atoms with Crippen LogP contribution in [0.15, 0.2) is 101 Å². The van der Waals surface area contributed by atoms with Crippen molar-refractivity contribution in [2.24, 2.45) is 22.9 Å². The molecule has 0 aromatic heterocycles. The largest absolute Gasteiger partial charge is 0.459 e. The molecule has 1 heterocycles. The van der Waals surface area contributed by atoms with Crippen molar-refractivity contribution in [2.75, 3.05) is 52.4 Å². The van der Waals surface area contributed by atoms with Gasteiger partial charge in [0.2, 0.25) is 5.79 Å². The summed E-state index contributed by atoms with van der Waals surface area (Å²) in [5.41, 5.74) is 2.69. The number of amides is 1. The Morgan fingerprint density at radius 2 is 1.70 bits per heavy atom. The molecule has 2 aliphatic carbocycles. The second-order valence-corrected chi connectivity index (χ2v) is 18.2. The summed E-state index contributed by atoms with van der Waals surface area (Å²) in [5, 5.41) is 44.1. The van der Waals surface area contributed by atoms with Crippen molar-refractivity contribution in [2.45, 2.75) is 94.0 Å². The highest BCUT2D eigenvalue weighted by molar-refractivity contribution is 7.98. The minimum atomic E-state index is -1.49. The number of thioether (sulfide) groups is 1. The zero-order valence-electron chi connectivity index (χ0n) is 37.0. The number of rotatable bonds is 22. The summed E-state index contributed by atoms with van der Waals surface area (Å²) in [6.45, 7) is 10.3. The van der Waals surface area contributed by atoms with Crippen LogP contribution in [0.5, 0.6) is 17.2 Å². The highest BCUT2D eigenvalue weighted by Crippen LogP contribution is 2.62. The minimum absolute atomic E-state index is 0.0218. The summed E-state index contributed by atoms with van der Waals surface area (Å²) in [6.07, 6.45) is 10.7. The average Bonchev–Trinajstić information content (AvgIpc) is 3.29. The Hall–Kier alpha value is -4.68. The molecule has 0 saturated heterocycles. The Kier molecular flexibility index (Phi) is 16.9. The molecule has 3 N–H and O–H groups in total. The van der Waals surface area contributed by atoms with Crippen molar-refractivity contribution in [3.63, 3.8) is 0 Å². The molecule has 0 bridgehead atoms. The summed E-state index contributed by atoms with van der Waals surface area (Å²) in [4.78, 5) is 24.2. The molecule has 12 nitrogen and oxygen atoms in total. The van der Waals surface area contributed by atoms with Gasteiger partial charge in [-0.1, -0.05) is 30.1 Å². The van der Waals surface area contributed by atoms with Crippen molar-refractivity contribution in [3.05, 3.63) is 108 Å². The summed E-state index contributed by atoms with van der Waals surface area (Å²) < 4.78 is 26.9. The van der Waals surface area contributed by atoms with Gasteiger partial charge < -0.3 is 44.0 Å². The van der Waals surface area contributed by atoms with E-state index in [1.165, 1.54) is 0 Å². The number of hydrogen-bond acceptors (Lipinski definition) is 12. The van der Waals surface area contributed by atoms with E-state index in [1.807, 2.05) is 63.4 Å². The first-order valence-corrected chi connectivity index (χ1v) is 23.3. The van der Waals surface area contributed by atoms with Gasteiger partial charge in [0.1, 0.15) is 28.9 Å². The van der Waals surface area contributed by atoms with E-state index < -0.39 is 23.3 Å². The lowest BCUT2D eigenvalue weighted by atomic mass is 9.55. The molecule has 0 spiro atoms. The Morgan fingerprint density at radius 3 is 2.35 bits per heavy atom. The van der Waals surface area contributed by atoms with Gasteiger partial charge in [-0.25, -0.2) is 0 Å². The molecule has 6 unspecified atom stereocenters. The number of carbonyl (C=O) groups is 1. The van der Waals surface area contributed by atoms with Crippen LogP contribution in [0.4, 0.5) is 0 Å². The normalized spacial score (nSPS) is 23.1. The molecular formula is C50H63N3O9S. The Labute approximate surface area is 376 Å². The van der Waals surface area contributed by atoms with E-state index >= 15 is 4.79 Å². The SMILES string of the molecule is C=CCOC12Oc3ccc(Oc4ccc(SC)cc4)cc3C3C(CCCCO)C(CCCCO)C=C(C(=NOC(C)(C)C)CC1N(CCOCCO)C(=O)c1ccc(C#N)cc1)C32. The van der Waals surface area contributed by atoms with Crippen LogP contribution in [0.2, 0.25) is 0 Å². The fourth-order valence-corrected chi connectivity index (χ4v) is 9.67. The van der Waals surface area contributed by atoms with E-state index in [9.17, 15) is 20.6 Å². The fraction of sp³-hybridized carbons (Fsp3) is 0.500. The number of oxime groups is 1. The fourth-order valence-electron chi connectivity index (χ4n) is 9.27. The van der Waals surface area contributed by atoms with Gasteiger partial charge in [0.05, 0.1) is 49.7 Å². The Morgan fingerprint density at radius 1 is 0.984 bits per heavy atom. The number of unbranched alkanes of at least 4 members (excludes halogenated alkanes) is 2. The first kappa shape index (κ1) is 47.8. The van der Waals surface area contributed by atoms with Crippen LogP contribution in [-0.4, -0.2) is 102 Å². The third kappa shape index (κ3) is 11.3. The average molecular weight is 882 g/mol. The summed E-state index contributed by atoms with van der Waals surface area (Å²) >= 11 is 1.66. The second kappa shape index (κ2) is 22.3. The highest BCUT2D eigenvalue weighted by Gasteiger charge is 2.65. The first-order chi connectivity index (χ1) is 30.5. The molecule has 13 heteroatoms. The predicted octanol–water partition coefficient (Wildman–Crippen LogP) is 8.66. The molecule has 3 aromatic rings. The summed E-state index contributed by atoms with van der Waals surface area (Å²) in [6, 6.07) is 21.8.